The molecule has 2 heterocycles. The van der Waals surface area contributed by atoms with Crippen LogP contribution in [0, 0.1) is 5.41 Å². The largest absolute Gasteiger partial charge is 0.349 e. The molecule has 2 aromatic rings. The van der Waals surface area contributed by atoms with Gasteiger partial charge in [0, 0.05) is 16.0 Å². The van der Waals surface area contributed by atoms with Crippen LogP contribution >= 0.6 is 46.6 Å². The zero-order chi connectivity index (χ0) is 19.1. The van der Waals surface area contributed by atoms with E-state index >= 15 is 0 Å². The third-order valence-electron chi connectivity index (χ3n) is 4.22. The normalized spacial score (nSPS) is 19.5. The van der Waals surface area contributed by atoms with Gasteiger partial charge in [-0.1, -0.05) is 58.7 Å². The van der Waals surface area contributed by atoms with Crippen molar-refractivity contribution in [1.82, 2.24) is 5.32 Å². The topological polar surface area (TPSA) is 56.2 Å². The predicted molar refractivity (Wildman–Crippen MR) is 113 cm³/mol. The van der Waals surface area contributed by atoms with Gasteiger partial charge in [0.1, 0.15) is 5.84 Å². The molecule has 1 amide bonds. The van der Waals surface area contributed by atoms with Gasteiger partial charge in [0.05, 0.1) is 32.9 Å². The number of rotatable bonds is 2. The molecule has 2 N–H and O–H groups in total. The lowest BCUT2D eigenvalue weighted by Crippen LogP contribution is -2.28. The van der Waals surface area contributed by atoms with Gasteiger partial charge in [0.25, 0.3) is 0 Å². The van der Waals surface area contributed by atoms with Crippen LogP contribution in [0.2, 0.25) is 15.1 Å². The SMILES string of the molecule is N=C1C(=C2NC(c3ccc(Cl)cc3)=CS2)CC(=O)N1c1ccc(Cl)c(Cl)c1. The lowest BCUT2D eigenvalue weighted by atomic mass is 10.1. The first kappa shape index (κ1) is 18.4. The zero-order valence-electron chi connectivity index (χ0n) is 13.7. The molecule has 0 atom stereocenters. The smallest absolute Gasteiger partial charge is 0.237 e. The second-order valence-corrected chi connectivity index (χ2v) is 8.07. The number of halogens is 3. The van der Waals surface area contributed by atoms with E-state index in [0.717, 1.165) is 16.3 Å². The summed E-state index contributed by atoms with van der Waals surface area (Å²) < 4.78 is 0. The molecule has 27 heavy (non-hydrogen) atoms. The fourth-order valence-corrected chi connectivity index (χ4v) is 4.20. The van der Waals surface area contributed by atoms with E-state index in [1.807, 2.05) is 29.7 Å². The van der Waals surface area contributed by atoms with Crippen LogP contribution in [0.5, 0.6) is 0 Å². The van der Waals surface area contributed by atoms with Gasteiger partial charge < -0.3 is 5.32 Å². The van der Waals surface area contributed by atoms with Crippen molar-refractivity contribution in [1.29, 1.82) is 5.41 Å². The first-order valence-electron chi connectivity index (χ1n) is 7.94. The van der Waals surface area contributed by atoms with Gasteiger partial charge in [-0.15, -0.1) is 0 Å². The third-order valence-corrected chi connectivity index (χ3v) is 6.15. The Morgan fingerprint density at radius 1 is 1.04 bits per heavy atom. The summed E-state index contributed by atoms with van der Waals surface area (Å²) in [6.07, 6.45) is 0.149. The van der Waals surface area contributed by atoms with Crippen LogP contribution in [-0.2, 0) is 4.79 Å². The Bertz CT molecular complexity index is 1030. The minimum atomic E-state index is -0.178. The predicted octanol–water partition coefficient (Wildman–Crippen LogP) is 5.91. The van der Waals surface area contributed by atoms with Crippen LogP contribution in [0.25, 0.3) is 5.70 Å². The molecule has 0 saturated carbocycles. The van der Waals surface area contributed by atoms with Crippen molar-refractivity contribution >= 4 is 69.7 Å². The van der Waals surface area contributed by atoms with Gasteiger partial charge in [-0.05, 0) is 35.9 Å². The van der Waals surface area contributed by atoms with Gasteiger partial charge >= 0.3 is 0 Å². The number of nitrogens with one attached hydrogen (secondary N) is 2. The molecule has 4 rings (SSSR count). The number of amides is 1. The molecule has 0 bridgehead atoms. The molecule has 1 fully saturated rings. The number of benzene rings is 2. The first-order chi connectivity index (χ1) is 12.9. The maximum absolute atomic E-state index is 12.5. The van der Waals surface area contributed by atoms with E-state index in [4.69, 9.17) is 40.2 Å². The number of anilines is 1. The minimum absolute atomic E-state index is 0.138. The summed E-state index contributed by atoms with van der Waals surface area (Å²) in [6, 6.07) is 12.4. The molecule has 4 nitrogen and oxygen atoms in total. The molecule has 8 heteroatoms. The number of carbonyl (C=O) groups is 1. The fraction of sp³-hybridized carbons (Fsp3) is 0.0526. The van der Waals surface area contributed by atoms with Crippen molar-refractivity contribution in [3.05, 3.63) is 79.1 Å². The van der Waals surface area contributed by atoms with Crippen LogP contribution in [-0.4, -0.2) is 11.7 Å². The van der Waals surface area contributed by atoms with Gasteiger partial charge in [0.2, 0.25) is 5.91 Å². The summed E-state index contributed by atoms with van der Waals surface area (Å²) in [5, 5.41) is 16.0. The number of nitrogens with zero attached hydrogens (tertiary/aromatic N) is 1. The van der Waals surface area contributed by atoms with Crippen molar-refractivity contribution < 1.29 is 4.79 Å². The zero-order valence-corrected chi connectivity index (χ0v) is 16.8. The highest BCUT2D eigenvalue weighted by molar-refractivity contribution is 8.06. The van der Waals surface area contributed by atoms with Crippen molar-refractivity contribution in [3.63, 3.8) is 0 Å². The Kier molecular flexibility index (Phi) is 4.95. The van der Waals surface area contributed by atoms with E-state index in [-0.39, 0.29) is 18.2 Å². The first-order valence-corrected chi connectivity index (χ1v) is 9.95. The van der Waals surface area contributed by atoms with Gasteiger partial charge in [-0.25, -0.2) is 0 Å². The van der Waals surface area contributed by atoms with E-state index in [0.29, 0.717) is 26.3 Å². The maximum Gasteiger partial charge on any atom is 0.237 e. The molecule has 0 spiro atoms. The fourth-order valence-electron chi connectivity index (χ4n) is 2.87. The summed E-state index contributed by atoms with van der Waals surface area (Å²) in [7, 11) is 0. The third kappa shape index (κ3) is 3.48. The molecular weight excluding hydrogens is 425 g/mol. The monoisotopic (exact) mass is 435 g/mol. The summed E-state index contributed by atoms with van der Waals surface area (Å²) in [5.74, 6) is -0.0395. The number of thioether (sulfide) groups is 1. The van der Waals surface area contributed by atoms with Gasteiger partial charge in [-0.2, -0.15) is 0 Å². The molecule has 2 aliphatic rings. The Hall–Kier alpha value is -1.92. The van der Waals surface area contributed by atoms with E-state index in [9.17, 15) is 4.79 Å². The molecular formula is C19H12Cl3N3OS. The molecule has 1 saturated heterocycles. The molecule has 0 radical (unpaired) electrons. The molecule has 0 aliphatic carbocycles. The lowest BCUT2D eigenvalue weighted by molar-refractivity contribution is -0.116. The number of hydrogen-bond acceptors (Lipinski definition) is 4. The van der Waals surface area contributed by atoms with Gasteiger partial charge in [0.15, 0.2) is 0 Å². The number of amidine groups is 1. The van der Waals surface area contributed by atoms with Crippen LogP contribution in [0.1, 0.15) is 12.0 Å². The maximum atomic E-state index is 12.5. The van der Waals surface area contributed by atoms with Crippen molar-refractivity contribution in [2.24, 2.45) is 0 Å². The quantitative estimate of drug-likeness (QED) is 0.615. The van der Waals surface area contributed by atoms with Crippen LogP contribution in [0.4, 0.5) is 5.69 Å². The summed E-state index contributed by atoms with van der Waals surface area (Å²) in [4.78, 5) is 13.9. The summed E-state index contributed by atoms with van der Waals surface area (Å²) in [5.41, 5.74) is 3.08. The lowest BCUT2D eigenvalue weighted by Gasteiger charge is -2.17. The average Bonchev–Trinajstić information content (AvgIpc) is 3.23. The van der Waals surface area contributed by atoms with E-state index in [1.54, 1.807) is 18.2 Å². The number of carbonyl (C=O) groups excluding carboxylic acids is 1. The van der Waals surface area contributed by atoms with Crippen molar-refractivity contribution in [3.8, 4) is 0 Å². The second-order valence-electron chi connectivity index (χ2n) is 5.94. The molecule has 2 aliphatic heterocycles. The molecule has 2 aromatic carbocycles. The van der Waals surface area contributed by atoms with Crippen LogP contribution < -0.4 is 10.2 Å². The Morgan fingerprint density at radius 3 is 2.48 bits per heavy atom. The van der Waals surface area contributed by atoms with Crippen LogP contribution in [0.3, 0.4) is 0 Å². The highest BCUT2D eigenvalue weighted by Gasteiger charge is 2.35. The Balaban J connectivity index is 1.60. The molecule has 0 unspecified atom stereocenters. The Morgan fingerprint density at radius 2 is 1.78 bits per heavy atom. The average molecular weight is 437 g/mol. The molecule has 0 aromatic heterocycles. The highest BCUT2D eigenvalue weighted by atomic mass is 35.5. The number of hydrogen-bond donors (Lipinski definition) is 2. The molecule has 136 valence electrons. The van der Waals surface area contributed by atoms with E-state index in [1.165, 1.54) is 16.7 Å². The summed E-state index contributed by atoms with van der Waals surface area (Å²) in [6.45, 7) is 0. The second kappa shape index (κ2) is 7.24. The van der Waals surface area contributed by atoms with Gasteiger partial charge in [-0.3, -0.25) is 15.1 Å². The standard InChI is InChI=1S/C19H12Cl3N3OS/c20-11-3-1-10(2-4-11)16-9-27-19(24-16)13-8-17(26)25(18(13)23)12-5-6-14(21)15(22)7-12/h1-7,9,23-24H,8H2. The van der Waals surface area contributed by atoms with Crippen molar-refractivity contribution in [2.45, 2.75) is 6.42 Å². The van der Waals surface area contributed by atoms with Crippen molar-refractivity contribution in [2.75, 3.05) is 4.90 Å². The van der Waals surface area contributed by atoms with E-state index < -0.39 is 0 Å². The summed E-state index contributed by atoms with van der Waals surface area (Å²) >= 11 is 19.4. The minimum Gasteiger partial charge on any atom is -0.349 e. The highest BCUT2D eigenvalue weighted by Crippen LogP contribution is 2.38. The Labute approximate surface area is 175 Å². The van der Waals surface area contributed by atoms with E-state index in [2.05, 4.69) is 5.32 Å². The van der Waals surface area contributed by atoms with Crippen LogP contribution in [0.15, 0.2) is 58.5 Å².